The minimum absolute atomic E-state index is 0.246. The van der Waals surface area contributed by atoms with Crippen LogP contribution < -0.4 is 15.4 Å². The lowest BCUT2D eigenvalue weighted by molar-refractivity contribution is -0.123. The maximum Gasteiger partial charge on any atom is 0.251 e. The molecular formula is C24H24N2O3. The van der Waals surface area contributed by atoms with E-state index >= 15 is 0 Å². The average molecular weight is 388 g/mol. The minimum Gasteiger partial charge on any atom is -0.496 e. The van der Waals surface area contributed by atoms with Crippen LogP contribution in [0.3, 0.4) is 0 Å². The second kappa shape index (κ2) is 10.1. The van der Waals surface area contributed by atoms with Crippen LogP contribution in [-0.2, 0) is 17.8 Å². The maximum absolute atomic E-state index is 12.9. The Hall–Kier alpha value is -3.60. The van der Waals surface area contributed by atoms with E-state index in [1.165, 1.54) is 0 Å². The summed E-state index contributed by atoms with van der Waals surface area (Å²) < 4.78 is 5.34. The molecule has 0 spiro atoms. The number of carbonyl (C=O) groups excluding carboxylic acids is 2. The Kier molecular flexibility index (Phi) is 7.00. The van der Waals surface area contributed by atoms with Gasteiger partial charge in [0.25, 0.3) is 5.91 Å². The highest BCUT2D eigenvalue weighted by Gasteiger charge is 2.22. The van der Waals surface area contributed by atoms with Crippen LogP contribution in [0, 0.1) is 0 Å². The summed E-state index contributed by atoms with van der Waals surface area (Å²) in [6, 6.07) is 25.3. The van der Waals surface area contributed by atoms with Crippen molar-refractivity contribution in [2.75, 3.05) is 7.11 Å². The summed E-state index contributed by atoms with van der Waals surface area (Å²) in [5, 5.41) is 5.78. The fourth-order valence-corrected chi connectivity index (χ4v) is 3.04. The Morgan fingerprint density at radius 1 is 0.862 bits per heavy atom. The zero-order valence-electron chi connectivity index (χ0n) is 16.3. The molecule has 5 nitrogen and oxygen atoms in total. The van der Waals surface area contributed by atoms with Gasteiger partial charge in [0.15, 0.2) is 0 Å². The first-order valence-electron chi connectivity index (χ1n) is 9.47. The molecule has 0 fully saturated rings. The van der Waals surface area contributed by atoms with Crippen LogP contribution in [0.25, 0.3) is 0 Å². The van der Waals surface area contributed by atoms with E-state index in [1.54, 1.807) is 31.4 Å². The molecule has 0 saturated heterocycles. The van der Waals surface area contributed by atoms with Crippen molar-refractivity contribution < 1.29 is 14.3 Å². The van der Waals surface area contributed by atoms with Gasteiger partial charge in [-0.3, -0.25) is 9.59 Å². The lowest BCUT2D eigenvalue weighted by Crippen LogP contribution is -2.47. The van der Waals surface area contributed by atoms with E-state index in [-0.39, 0.29) is 11.8 Å². The molecule has 3 aromatic rings. The summed E-state index contributed by atoms with van der Waals surface area (Å²) in [6.07, 6.45) is 0.400. The first-order valence-corrected chi connectivity index (χ1v) is 9.47. The van der Waals surface area contributed by atoms with Gasteiger partial charge in [0.2, 0.25) is 5.91 Å². The second-order valence-corrected chi connectivity index (χ2v) is 6.61. The third kappa shape index (κ3) is 5.69. The van der Waals surface area contributed by atoms with Gasteiger partial charge in [-0.2, -0.15) is 0 Å². The molecular weight excluding hydrogens is 364 g/mol. The topological polar surface area (TPSA) is 67.4 Å². The third-order valence-electron chi connectivity index (χ3n) is 4.59. The van der Waals surface area contributed by atoms with E-state index in [0.717, 1.165) is 11.1 Å². The molecule has 5 heteroatoms. The number of hydrogen-bond donors (Lipinski definition) is 2. The Morgan fingerprint density at radius 2 is 1.48 bits per heavy atom. The van der Waals surface area contributed by atoms with Crippen molar-refractivity contribution in [2.24, 2.45) is 0 Å². The molecule has 2 amide bonds. The summed E-state index contributed by atoms with van der Waals surface area (Å²) in [4.78, 5) is 25.5. The zero-order valence-corrected chi connectivity index (χ0v) is 16.3. The van der Waals surface area contributed by atoms with Crippen LogP contribution in [0.4, 0.5) is 0 Å². The van der Waals surface area contributed by atoms with E-state index in [4.69, 9.17) is 4.74 Å². The Bertz CT molecular complexity index is 943. The number of amides is 2. The SMILES string of the molecule is COc1ccccc1CNC(=O)[C@H](Cc1ccccc1)NC(=O)c1ccccc1. The van der Waals surface area contributed by atoms with Crippen molar-refractivity contribution in [3.05, 3.63) is 102 Å². The fraction of sp³-hybridized carbons (Fsp3) is 0.167. The molecule has 0 bridgehead atoms. The highest BCUT2D eigenvalue weighted by molar-refractivity contribution is 5.97. The number of para-hydroxylation sites is 1. The standard InChI is InChI=1S/C24H24N2O3/c1-29-22-15-9-8-14-20(22)17-25-24(28)21(16-18-10-4-2-5-11-18)26-23(27)19-12-6-3-7-13-19/h2-15,21H,16-17H2,1H3,(H,25,28)(H,26,27)/t21-/m0/s1. The smallest absolute Gasteiger partial charge is 0.251 e. The highest BCUT2D eigenvalue weighted by atomic mass is 16.5. The number of carbonyl (C=O) groups is 2. The van der Waals surface area contributed by atoms with Crippen LogP contribution in [0.15, 0.2) is 84.9 Å². The van der Waals surface area contributed by atoms with E-state index in [0.29, 0.717) is 24.3 Å². The molecule has 0 aromatic heterocycles. The molecule has 2 N–H and O–H groups in total. The molecule has 0 aliphatic carbocycles. The Labute approximate surface area is 170 Å². The van der Waals surface area contributed by atoms with Crippen molar-refractivity contribution in [1.82, 2.24) is 10.6 Å². The van der Waals surface area contributed by atoms with Crippen LogP contribution in [0.2, 0.25) is 0 Å². The van der Waals surface area contributed by atoms with Crippen LogP contribution >= 0.6 is 0 Å². The van der Waals surface area contributed by atoms with Gasteiger partial charge >= 0.3 is 0 Å². The van der Waals surface area contributed by atoms with E-state index < -0.39 is 6.04 Å². The largest absolute Gasteiger partial charge is 0.496 e. The molecule has 0 saturated carbocycles. The lowest BCUT2D eigenvalue weighted by atomic mass is 10.0. The van der Waals surface area contributed by atoms with Gasteiger partial charge in [-0.15, -0.1) is 0 Å². The van der Waals surface area contributed by atoms with Crippen LogP contribution in [0.1, 0.15) is 21.5 Å². The number of nitrogens with one attached hydrogen (secondary N) is 2. The highest BCUT2D eigenvalue weighted by Crippen LogP contribution is 2.17. The number of hydrogen-bond acceptors (Lipinski definition) is 3. The summed E-state index contributed by atoms with van der Waals surface area (Å²) >= 11 is 0. The van der Waals surface area contributed by atoms with Gasteiger partial charge in [-0.05, 0) is 23.8 Å². The molecule has 29 heavy (non-hydrogen) atoms. The number of ether oxygens (including phenoxy) is 1. The third-order valence-corrected chi connectivity index (χ3v) is 4.59. The lowest BCUT2D eigenvalue weighted by Gasteiger charge is -2.19. The Balaban J connectivity index is 1.72. The molecule has 0 aliphatic heterocycles. The monoisotopic (exact) mass is 388 g/mol. The number of rotatable bonds is 8. The predicted molar refractivity (Wildman–Crippen MR) is 113 cm³/mol. The van der Waals surface area contributed by atoms with Crippen molar-refractivity contribution in [3.8, 4) is 5.75 Å². The summed E-state index contributed by atoms with van der Waals surface area (Å²) in [5.41, 5.74) is 2.36. The predicted octanol–water partition coefficient (Wildman–Crippen LogP) is 3.35. The molecule has 1 atom stereocenters. The van der Waals surface area contributed by atoms with E-state index in [2.05, 4.69) is 10.6 Å². The molecule has 148 valence electrons. The fourth-order valence-electron chi connectivity index (χ4n) is 3.04. The molecule has 0 unspecified atom stereocenters. The zero-order chi connectivity index (χ0) is 20.5. The van der Waals surface area contributed by atoms with Gasteiger partial charge < -0.3 is 15.4 Å². The van der Waals surface area contributed by atoms with Crippen molar-refractivity contribution >= 4 is 11.8 Å². The average Bonchev–Trinajstić information content (AvgIpc) is 2.78. The first-order chi connectivity index (χ1) is 14.2. The maximum atomic E-state index is 12.9. The minimum atomic E-state index is -0.695. The molecule has 0 radical (unpaired) electrons. The molecule has 0 aliphatic rings. The van der Waals surface area contributed by atoms with E-state index in [9.17, 15) is 9.59 Å². The van der Waals surface area contributed by atoms with Gasteiger partial charge in [0.1, 0.15) is 11.8 Å². The van der Waals surface area contributed by atoms with Crippen LogP contribution in [0.5, 0.6) is 5.75 Å². The summed E-state index contributed by atoms with van der Waals surface area (Å²) in [6.45, 7) is 0.315. The van der Waals surface area contributed by atoms with Crippen molar-refractivity contribution in [3.63, 3.8) is 0 Å². The van der Waals surface area contributed by atoms with Gasteiger partial charge in [0, 0.05) is 24.1 Å². The molecule has 3 rings (SSSR count). The van der Waals surface area contributed by atoms with E-state index in [1.807, 2.05) is 60.7 Å². The Morgan fingerprint density at radius 3 is 2.17 bits per heavy atom. The summed E-state index contributed by atoms with van der Waals surface area (Å²) in [5.74, 6) is 0.184. The van der Waals surface area contributed by atoms with Gasteiger partial charge in [-0.25, -0.2) is 0 Å². The van der Waals surface area contributed by atoms with Crippen molar-refractivity contribution in [1.29, 1.82) is 0 Å². The summed E-state index contributed by atoms with van der Waals surface area (Å²) in [7, 11) is 1.60. The quantitative estimate of drug-likeness (QED) is 0.622. The number of methoxy groups -OCH3 is 1. The van der Waals surface area contributed by atoms with Crippen molar-refractivity contribution in [2.45, 2.75) is 19.0 Å². The second-order valence-electron chi connectivity index (χ2n) is 6.61. The van der Waals surface area contributed by atoms with Gasteiger partial charge in [0.05, 0.1) is 7.11 Å². The molecule has 0 heterocycles. The van der Waals surface area contributed by atoms with Gasteiger partial charge in [-0.1, -0.05) is 66.7 Å². The van der Waals surface area contributed by atoms with Crippen LogP contribution in [-0.4, -0.2) is 25.0 Å². The normalized spacial score (nSPS) is 11.3. The molecule has 3 aromatic carbocycles. The first kappa shape index (κ1) is 20.1. The number of benzene rings is 3.